The van der Waals surface area contributed by atoms with Gasteiger partial charge < -0.3 is 10.4 Å². The Morgan fingerprint density at radius 2 is 1.46 bits per heavy atom. The summed E-state index contributed by atoms with van der Waals surface area (Å²) >= 11 is 0. The predicted octanol–water partition coefficient (Wildman–Crippen LogP) is 3.32. The summed E-state index contributed by atoms with van der Waals surface area (Å²) in [5.41, 5.74) is -4.18. The number of alkyl halides is 6. The second-order valence-electron chi connectivity index (χ2n) is 5.42. The van der Waals surface area contributed by atoms with Gasteiger partial charge in [0.05, 0.1) is 11.1 Å². The highest BCUT2D eigenvalue weighted by atomic mass is 19.4. The summed E-state index contributed by atoms with van der Waals surface area (Å²) in [6, 6.07) is -0.930. The molecule has 0 bridgehead atoms. The van der Waals surface area contributed by atoms with Gasteiger partial charge in [-0.05, 0) is 37.0 Å². The number of aliphatic carboxylic acids is 1. The monoisotopic (exact) mass is 355 g/mol. The second-order valence-corrected chi connectivity index (χ2v) is 5.42. The van der Waals surface area contributed by atoms with Gasteiger partial charge in [0.15, 0.2) is 0 Å². The number of hydrogen-bond acceptors (Lipinski definition) is 2. The molecule has 0 heterocycles. The molecule has 1 amide bonds. The Morgan fingerprint density at radius 1 is 1.00 bits per heavy atom. The molecule has 1 aromatic rings. The van der Waals surface area contributed by atoms with Crippen LogP contribution in [0.5, 0.6) is 0 Å². The Bertz CT molecular complexity index is 631. The smallest absolute Gasteiger partial charge is 0.416 e. The first-order valence-electron chi connectivity index (χ1n) is 6.72. The van der Waals surface area contributed by atoms with Crippen LogP contribution in [-0.2, 0) is 17.1 Å². The lowest BCUT2D eigenvalue weighted by Gasteiger charge is -2.16. The Hall–Kier alpha value is -2.26. The van der Waals surface area contributed by atoms with E-state index in [0.29, 0.717) is 12.8 Å². The van der Waals surface area contributed by atoms with Crippen molar-refractivity contribution < 1.29 is 41.0 Å². The highest BCUT2D eigenvalue weighted by Gasteiger charge is 2.40. The van der Waals surface area contributed by atoms with Crippen LogP contribution in [0.1, 0.15) is 34.3 Å². The number of halogens is 6. The Kier molecular flexibility index (Phi) is 4.51. The zero-order valence-electron chi connectivity index (χ0n) is 11.8. The lowest BCUT2D eigenvalue weighted by molar-refractivity contribution is -0.143. The number of amides is 1. The fraction of sp³-hybridized carbons (Fsp3) is 0.429. The quantitative estimate of drug-likeness (QED) is 0.815. The Balaban J connectivity index is 2.37. The molecule has 1 aliphatic carbocycles. The SMILES string of the molecule is O=C(NC(C(=O)O)C1CC1)c1cc(C(F)(F)F)cc(C(F)(F)F)c1. The van der Waals surface area contributed by atoms with E-state index < -0.39 is 47.0 Å². The van der Waals surface area contributed by atoms with E-state index >= 15 is 0 Å². The van der Waals surface area contributed by atoms with E-state index in [4.69, 9.17) is 5.11 Å². The number of carbonyl (C=O) groups excluding carboxylic acids is 1. The number of rotatable bonds is 4. The maximum Gasteiger partial charge on any atom is 0.416 e. The summed E-state index contributed by atoms with van der Waals surface area (Å²) < 4.78 is 76.4. The van der Waals surface area contributed by atoms with Gasteiger partial charge in [-0.1, -0.05) is 0 Å². The molecular weight excluding hydrogens is 344 g/mol. The Labute approximate surface area is 131 Å². The molecule has 1 saturated carbocycles. The van der Waals surface area contributed by atoms with E-state index in [9.17, 15) is 35.9 Å². The molecule has 0 spiro atoms. The van der Waals surface area contributed by atoms with Crippen molar-refractivity contribution in [1.29, 1.82) is 0 Å². The van der Waals surface area contributed by atoms with Gasteiger partial charge in [-0.15, -0.1) is 0 Å². The minimum absolute atomic E-state index is 0.105. The topological polar surface area (TPSA) is 66.4 Å². The van der Waals surface area contributed by atoms with Gasteiger partial charge in [-0.2, -0.15) is 26.3 Å². The lowest BCUT2D eigenvalue weighted by Crippen LogP contribution is -2.42. The van der Waals surface area contributed by atoms with Crippen LogP contribution in [0.4, 0.5) is 26.3 Å². The number of nitrogens with one attached hydrogen (secondary N) is 1. The first-order chi connectivity index (χ1) is 10.9. The van der Waals surface area contributed by atoms with Crippen LogP contribution in [0.25, 0.3) is 0 Å². The average Bonchev–Trinajstić information content (AvgIpc) is 3.26. The standard InChI is InChI=1S/C14H11F6NO3/c15-13(16,17)8-3-7(4-9(5-8)14(18,19)20)11(22)21-10(12(23)24)6-1-2-6/h3-6,10H,1-2H2,(H,21,22)(H,23,24). The van der Waals surface area contributed by atoms with Crippen molar-refractivity contribution in [2.24, 2.45) is 5.92 Å². The molecule has 1 aliphatic rings. The average molecular weight is 355 g/mol. The molecule has 1 aromatic carbocycles. The van der Waals surface area contributed by atoms with Gasteiger partial charge in [0.1, 0.15) is 6.04 Å². The van der Waals surface area contributed by atoms with Crippen LogP contribution in [0.2, 0.25) is 0 Å². The van der Waals surface area contributed by atoms with Crippen LogP contribution < -0.4 is 5.32 Å². The van der Waals surface area contributed by atoms with Gasteiger partial charge in [-0.25, -0.2) is 4.79 Å². The van der Waals surface area contributed by atoms with Crippen molar-refractivity contribution in [2.45, 2.75) is 31.2 Å². The zero-order valence-corrected chi connectivity index (χ0v) is 11.8. The molecule has 0 aliphatic heterocycles. The lowest BCUT2D eigenvalue weighted by atomic mass is 10.0. The minimum Gasteiger partial charge on any atom is -0.480 e. The summed E-state index contributed by atoms with van der Waals surface area (Å²) in [5.74, 6) is -3.07. The van der Waals surface area contributed by atoms with E-state index in [0.717, 1.165) is 0 Å². The van der Waals surface area contributed by atoms with Crippen LogP contribution in [-0.4, -0.2) is 23.0 Å². The summed E-state index contributed by atoms with van der Waals surface area (Å²) in [4.78, 5) is 23.0. The van der Waals surface area contributed by atoms with Gasteiger partial charge in [0.25, 0.3) is 5.91 Å². The van der Waals surface area contributed by atoms with Crippen LogP contribution in [0.3, 0.4) is 0 Å². The van der Waals surface area contributed by atoms with Crippen molar-refractivity contribution in [3.63, 3.8) is 0 Å². The highest BCUT2D eigenvalue weighted by molar-refractivity contribution is 5.97. The number of carboxylic acid groups (broad SMARTS) is 1. The molecular formula is C14H11F6NO3. The summed E-state index contributed by atoms with van der Waals surface area (Å²) in [6.45, 7) is 0. The molecule has 0 aromatic heterocycles. The van der Waals surface area contributed by atoms with Gasteiger partial charge in [-0.3, -0.25) is 4.79 Å². The third kappa shape index (κ3) is 4.18. The van der Waals surface area contributed by atoms with E-state index in [1.807, 2.05) is 5.32 Å². The summed E-state index contributed by atoms with van der Waals surface area (Å²) in [6.07, 6.45) is -9.15. The molecule has 0 radical (unpaired) electrons. The largest absolute Gasteiger partial charge is 0.480 e. The number of carbonyl (C=O) groups is 2. The van der Waals surface area contributed by atoms with Crippen LogP contribution in [0, 0.1) is 5.92 Å². The molecule has 132 valence electrons. The summed E-state index contributed by atoms with van der Waals surface area (Å²) in [5, 5.41) is 11.0. The molecule has 24 heavy (non-hydrogen) atoms. The Morgan fingerprint density at radius 3 is 1.79 bits per heavy atom. The fourth-order valence-electron chi connectivity index (χ4n) is 2.12. The molecule has 4 nitrogen and oxygen atoms in total. The van der Waals surface area contributed by atoms with Crippen molar-refractivity contribution in [3.8, 4) is 0 Å². The minimum atomic E-state index is -5.08. The number of benzene rings is 1. The highest BCUT2D eigenvalue weighted by Crippen LogP contribution is 2.37. The molecule has 10 heteroatoms. The van der Waals surface area contributed by atoms with Crippen LogP contribution >= 0.6 is 0 Å². The third-order valence-electron chi connectivity index (χ3n) is 3.50. The zero-order chi connectivity index (χ0) is 18.3. The fourth-order valence-corrected chi connectivity index (χ4v) is 2.12. The van der Waals surface area contributed by atoms with E-state index in [1.54, 1.807) is 0 Å². The normalized spacial score (nSPS) is 16.6. The van der Waals surface area contributed by atoms with Crippen molar-refractivity contribution in [3.05, 3.63) is 34.9 Å². The first kappa shape index (κ1) is 18.1. The molecule has 1 unspecified atom stereocenters. The van der Waals surface area contributed by atoms with Crippen LogP contribution in [0.15, 0.2) is 18.2 Å². The van der Waals surface area contributed by atoms with Gasteiger partial charge in [0.2, 0.25) is 0 Å². The molecule has 2 rings (SSSR count). The maximum atomic E-state index is 12.7. The molecule has 0 saturated heterocycles. The molecule has 2 N–H and O–H groups in total. The van der Waals surface area contributed by atoms with E-state index in [-0.39, 0.29) is 24.1 Å². The molecule has 1 fully saturated rings. The number of hydrogen-bond donors (Lipinski definition) is 2. The number of carboxylic acids is 1. The van der Waals surface area contributed by atoms with Crippen molar-refractivity contribution in [1.82, 2.24) is 5.32 Å². The summed E-state index contributed by atoms with van der Waals surface area (Å²) in [7, 11) is 0. The van der Waals surface area contributed by atoms with E-state index in [2.05, 4.69) is 0 Å². The van der Waals surface area contributed by atoms with Crippen molar-refractivity contribution in [2.75, 3.05) is 0 Å². The molecule has 1 atom stereocenters. The van der Waals surface area contributed by atoms with Crippen molar-refractivity contribution >= 4 is 11.9 Å². The first-order valence-corrected chi connectivity index (χ1v) is 6.72. The third-order valence-corrected chi connectivity index (χ3v) is 3.50. The van der Waals surface area contributed by atoms with Gasteiger partial charge >= 0.3 is 18.3 Å². The second kappa shape index (κ2) is 5.99. The van der Waals surface area contributed by atoms with E-state index in [1.165, 1.54) is 0 Å². The maximum absolute atomic E-state index is 12.7. The predicted molar refractivity (Wildman–Crippen MR) is 68.1 cm³/mol. The van der Waals surface area contributed by atoms with Gasteiger partial charge in [0, 0.05) is 5.56 Å².